The molecule has 0 aromatic carbocycles. The van der Waals surface area contributed by atoms with Crippen LogP contribution in [0.25, 0.3) is 0 Å². The van der Waals surface area contributed by atoms with Gasteiger partial charge < -0.3 is 28.0 Å². The monoisotopic (exact) mass is 289 g/mol. The van der Waals surface area contributed by atoms with Gasteiger partial charge >= 0.3 is 5.97 Å². The molecule has 0 radical (unpaired) electrons. The zero-order valence-electron chi connectivity index (χ0n) is 11.9. The van der Waals surface area contributed by atoms with E-state index in [2.05, 4.69) is 4.99 Å². The molecular weight excluding hydrogens is 262 g/mol. The van der Waals surface area contributed by atoms with E-state index in [1.54, 1.807) is 0 Å². The van der Waals surface area contributed by atoms with Gasteiger partial charge in [0.15, 0.2) is 5.96 Å². The van der Waals surface area contributed by atoms with Crippen LogP contribution in [0.15, 0.2) is 4.99 Å². The molecule has 0 spiro atoms. The number of nitrogens with two attached hydrogens (primary N) is 4. The van der Waals surface area contributed by atoms with Crippen molar-refractivity contribution in [3.8, 4) is 0 Å². The van der Waals surface area contributed by atoms with Crippen LogP contribution in [-0.4, -0.2) is 36.0 Å². The maximum Gasteiger partial charge on any atom is 0.303 e. The van der Waals surface area contributed by atoms with Crippen molar-refractivity contribution in [3.63, 3.8) is 0 Å². The van der Waals surface area contributed by atoms with E-state index in [-0.39, 0.29) is 18.3 Å². The van der Waals surface area contributed by atoms with E-state index in [0.717, 1.165) is 19.3 Å². The number of primary amides is 1. The Morgan fingerprint density at radius 2 is 1.50 bits per heavy atom. The van der Waals surface area contributed by atoms with Crippen LogP contribution in [0.2, 0.25) is 0 Å². The van der Waals surface area contributed by atoms with E-state index in [1.807, 2.05) is 0 Å². The number of aliphatic carboxylic acids is 1. The van der Waals surface area contributed by atoms with Crippen molar-refractivity contribution in [2.45, 2.75) is 44.9 Å². The van der Waals surface area contributed by atoms with E-state index >= 15 is 0 Å². The molecule has 0 saturated carbocycles. The summed E-state index contributed by atoms with van der Waals surface area (Å²) in [7, 11) is 0. The molecule has 0 aromatic heterocycles. The zero-order valence-corrected chi connectivity index (χ0v) is 11.9. The van der Waals surface area contributed by atoms with Gasteiger partial charge in [-0.25, -0.2) is 0 Å². The molecule has 8 heteroatoms. The second-order valence-corrected chi connectivity index (χ2v) is 4.22. The number of carboxylic acid groups (broad SMARTS) is 1. The van der Waals surface area contributed by atoms with Gasteiger partial charge in [0, 0.05) is 19.4 Å². The van der Waals surface area contributed by atoms with Crippen LogP contribution in [0.1, 0.15) is 44.9 Å². The van der Waals surface area contributed by atoms with Crippen molar-refractivity contribution >= 4 is 17.8 Å². The summed E-state index contributed by atoms with van der Waals surface area (Å²) in [5.41, 5.74) is 20.2. The largest absolute Gasteiger partial charge is 0.481 e. The minimum Gasteiger partial charge on any atom is -0.481 e. The van der Waals surface area contributed by atoms with E-state index in [9.17, 15) is 9.59 Å². The minimum absolute atomic E-state index is 0.0559. The fourth-order valence-electron chi connectivity index (χ4n) is 1.22. The van der Waals surface area contributed by atoms with Crippen molar-refractivity contribution < 1.29 is 14.7 Å². The van der Waals surface area contributed by atoms with E-state index in [4.69, 9.17) is 28.0 Å². The molecular formula is C12H27N5O3. The lowest BCUT2D eigenvalue weighted by atomic mass is 10.2. The third kappa shape index (κ3) is 25.1. The quantitative estimate of drug-likeness (QED) is 0.206. The summed E-state index contributed by atoms with van der Waals surface area (Å²) >= 11 is 0. The highest BCUT2D eigenvalue weighted by molar-refractivity contribution is 5.75. The predicted molar refractivity (Wildman–Crippen MR) is 78.9 cm³/mol. The first-order valence-electron chi connectivity index (χ1n) is 6.65. The number of unbranched alkanes of at least 4 members (excludes halogenated alkanes) is 3. The van der Waals surface area contributed by atoms with Crippen molar-refractivity contribution in [2.75, 3.05) is 13.1 Å². The number of guanidine groups is 1. The molecule has 0 rings (SSSR count). The van der Waals surface area contributed by atoms with Crippen molar-refractivity contribution in [3.05, 3.63) is 0 Å². The van der Waals surface area contributed by atoms with Gasteiger partial charge in [0.25, 0.3) is 0 Å². The molecule has 118 valence electrons. The summed E-state index contributed by atoms with van der Waals surface area (Å²) in [6.45, 7) is 1.22. The Kier molecular flexibility index (Phi) is 15.6. The lowest BCUT2D eigenvalue weighted by Crippen LogP contribution is -2.22. The molecule has 0 heterocycles. The smallest absolute Gasteiger partial charge is 0.303 e. The molecule has 0 bridgehead atoms. The van der Waals surface area contributed by atoms with Crippen LogP contribution in [-0.2, 0) is 9.59 Å². The van der Waals surface area contributed by atoms with Gasteiger partial charge in [-0.3, -0.25) is 14.6 Å². The van der Waals surface area contributed by atoms with Crippen LogP contribution in [0, 0.1) is 0 Å². The first-order valence-corrected chi connectivity index (χ1v) is 6.65. The number of hydrogen-bond donors (Lipinski definition) is 5. The normalized spacial score (nSPS) is 9.25. The van der Waals surface area contributed by atoms with Gasteiger partial charge in [-0.05, 0) is 32.2 Å². The number of carboxylic acids is 1. The van der Waals surface area contributed by atoms with Crippen molar-refractivity contribution in [1.29, 1.82) is 0 Å². The molecule has 1 amide bonds. The highest BCUT2D eigenvalue weighted by Gasteiger charge is 1.94. The summed E-state index contributed by atoms with van der Waals surface area (Å²) in [6, 6.07) is 0. The van der Waals surface area contributed by atoms with Crippen LogP contribution >= 0.6 is 0 Å². The number of rotatable bonds is 10. The second-order valence-electron chi connectivity index (χ2n) is 4.22. The third-order valence-electron chi connectivity index (χ3n) is 2.22. The molecule has 8 nitrogen and oxygen atoms in total. The third-order valence-corrected chi connectivity index (χ3v) is 2.22. The highest BCUT2D eigenvalue weighted by atomic mass is 16.4. The maximum absolute atomic E-state index is 10.2. The van der Waals surface area contributed by atoms with Crippen LogP contribution in [0.5, 0.6) is 0 Å². The Balaban J connectivity index is 0. The molecule has 0 aromatic rings. The van der Waals surface area contributed by atoms with Gasteiger partial charge in [-0.15, -0.1) is 0 Å². The summed E-state index contributed by atoms with van der Waals surface area (Å²) in [4.78, 5) is 23.9. The van der Waals surface area contributed by atoms with Gasteiger partial charge in [-0.2, -0.15) is 0 Å². The standard InChI is InChI=1S/C6H13N3O2.C6H14N2O/c7-6(8)9-4-2-1-3-5(10)11;7-5-3-1-2-4-6(8)9/h1-4H2,(H,10,11)(H4,7,8,9);1-5,7H2,(H2,8,9). The lowest BCUT2D eigenvalue weighted by molar-refractivity contribution is -0.137. The van der Waals surface area contributed by atoms with Crippen LogP contribution < -0.4 is 22.9 Å². The molecule has 9 N–H and O–H groups in total. The van der Waals surface area contributed by atoms with Gasteiger partial charge in [0.05, 0.1) is 0 Å². The topological polar surface area (TPSA) is 171 Å². The summed E-state index contributed by atoms with van der Waals surface area (Å²) in [5.74, 6) is -0.943. The van der Waals surface area contributed by atoms with Crippen LogP contribution in [0.3, 0.4) is 0 Å². The fraction of sp³-hybridized carbons (Fsp3) is 0.750. The summed E-state index contributed by atoms with van der Waals surface area (Å²) in [5, 5.41) is 8.24. The number of carbonyl (C=O) groups is 2. The molecule has 0 aliphatic carbocycles. The molecule has 0 saturated heterocycles. The first kappa shape index (κ1) is 20.5. The Labute approximate surface area is 119 Å². The first-order chi connectivity index (χ1) is 9.40. The van der Waals surface area contributed by atoms with E-state index in [1.165, 1.54) is 0 Å². The molecule has 20 heavy (non-hydrogen) atoms. The van der Waals surface area contributed by atoms with Gasteiger partial charge in [0.2, 0.25) is 5.91 Å². The van der Waals surface area contributed by atoms with Crippen molar-refractivity contribution in [2.24, 2.45) is 27.9 Å². The second kappa shape index (κ2) is 15.2. The SMILES string of the molecule is NC(N)=NCCCCC(=O)O.NCCCCCC(N)=O. The van der Waals surface area contributed by atoms with E-state index in [0.29, 0.717) is 32.4 Å². The average Bonchev–Trinajstić information content (AvgIpc) is 2.34. The molecule has 0 atom stereocenters. The Hall–Kier alpha value is -1.83. The van der Waals surface area contributed by atoms with E-state index < -0.39 is 5.97 Å². The Morgan fingerprint density at radius 1 is 0.900 bits per heavy atom. The number of hydrogen-bond acceptors (Lipinski definition) is 4. The number of aliphatic imine (C=N–C) groups is 1. The van der Waals surface area contributed by atoms with Gasteiger partial charge in [0.1, 0.15) is 0 Å². The zero-order chi connectivity index (χ0) is 15.8. The predicted octanol–water partition coefficient (Wildman–Crippen LogP) is -0.494. The minimum atomic E-state index is -0.783. The number of nitrogens with zero attached hydrogens (tertiary/aromatic N) is 1. The fourth-order valence-corrected chi connectivity index (χ4v) is 1.22. The molecule has 0 aliphatic rings. The average molecular weight is 289 g/mol. The van der Waals surface area contributed by atoms with Gasteiger partial charge in [-0.1, -0.05) is 6.42 Å². The Morgan fingerprint density at radius 3 is 1.95 bits per heavy atom. The molecule has 0 fully saturated rings. The summed E-state index contributed by atoms with van der Waals surface area (Å²) in [6.07, 6.45) is 4.90. The maximum atomic E-state index is 10.2. The van der Waals surface area contributed by atoms with Crippen molar-refractivity contribution in [1.82, 2.24) is 0 Å². The van der Waals surface area contributed by atoms with Crippen LogP contribution in [0.4, 0.5) is 0 Å². The highest BCUT2D eigenvalue weighted by Crippen LogP contribution is 1.96. The molecule has 0 unspecified atom stereocenters. The Bertz CT molecular complexity index is 291. The number of amides is 1. The molecule has 0 aliphatic heterocycles. The lowest BCUT2D eigenvalue weighted by Gasteiger charge is -1.93. The summed E-state index contributed by atoms with van der Waals surface area (Å²) < 4.78 is 0. The number of carbonyl (C=O) groups excluding carboxylic acids is 1.